The van der Waals surface area contributed by atoms with Crippen LogP contribution in [0.3, 0.4) is 0 Å². The molecular formula is C19H13FN4S. The van der Waals surface area contributed by atoms with E-state index in [1.165, 1.54) is 18.5 Å². The van der Waals surface area contributed by atoms with Gasteiger partial charge in [0.15, 0.2) is 5.82 Å². The van der Waals surface area contributed by atoms with Crippen molar-refractivity contribution in [3.63, 3.8) is 0 Å². The predicted molar refractivity (Wildman–Crippen MR) is 100 cm³/mol. The van der Waals surface area contributed by atoms with Crippen LogP contribution < -0.4 is 5.43 Å². The number of nitrogens with one attached hydrogen (secondary N) is 1. The predicted octanol–water partition coefficient (Wildman–Crippen LogP) is 4.94. The van der Waals surface area contributed by atoms with Crippen molar-refractivity contribution in [1.29, 1.82) is 0 Å². The number of anilines is 1. The van der Waals surface area contributed by atoms with E-state index in [2.05, 4.69) is 38.0 Å². The zero-order valence-corrected chi connectivity index (χ0v) is 13.9. The van der Waals surface area contributed by atoms with Crippen LogP contribution in [-0.2, 0) is 0 Å². The first-order chi connectivity index (χ1) is 12.3. The normalized spacial score (nSPS) is 11.2. The molecule has 2 aromatic heterocycles. The van der Waals surface area contributed by atoms with Gasteiger partial charge < -0.3 is 0 Å². The van der Waals surface area contributed by atoms with E-state index in [0.717, 1.165) is 26.9 Å². The second-order valence-electron chi connectivity index (χ2n) is 5.34. The van der Waals surface area contributed by atoms with E-state index in [9.17, 15) is 4.39 Å². The summed E-state index contributed by atoms with van der Waals surface area (Å²) >= 11 is 1.57. The van der Waals surface area contributed by atoms with Gasteiger partial charge in [0.1, 0.15) is 17.0 Å². The number of fused-ring (bicyclic) bond motifs is 1. The van der Waals surface area contributed by atoms with E-state index in [4.69, 9.17) is 0 Å². The van der Waals surface area contributed by atoms with Crippen molar-refractivity contribution in [2.45, 2.75) is 0 Å². The molecule has 0 amide bonds. The largest absolute Gasteiger partial charge is 0.261 e. The molecule has 0 radical (unpaired) electrons. The van der Waals surface area contributed by atoms with Crippen LogP contribution in [0.25, 0.3) is 21.3 Å². The SMILES string of the molecule is Fc1ccc(/C=N/Nc2ncnc3scc(-c4ccccc4)c23)cc1. The maximum Gasteiger partial charge on any atom is 0.159 e. The number of halogens is 1. The van der Waals surface area contributed by atoms with Gasteiger partial charge >= 0.3 is 0 Å². The molecule has 0 bridgehead atoms. The third kappa shape index (κ3) is 3.25. The molecule has 0 unspecified atom stereocenters. The molecule has 0 aliphatic carbocycles. The van der Waals surface area contributed by atoms with Gasteiger partial charge in [0.2, 0.25) is 0 Å². The maximum absolute atomic E-state index is 12.9. The highest BCUT2D eigenvalue weighted by Gasteiger charge is 2.12. The summed E-state index contributed by atoms with van der Waals surface area (Å²) in [5, 5.41) is 7.24. The lowest BCUT2D eigenvalue weighted by Gasteiger charge is -2.04. The minimum Gasteiger partial charge on any atom is -0.261 e. The molecule has 0 atom stereocenters. The molecule has 0 saturated heterocycles. The molecule has 2 aromatic carbocycles. The number of benzene rings is 2. The zero-order chi connectivity index (χ0) is 17.1. The molecule has 4 aromatic rings. The van der Waals surface area contributed by atoms with E-state index in [1.54, 1.807) is 29.7 Å². The summed E-state index contributed by atoms with van der Waals surface area (Å²) in [5.41, 5.74) is 5.95. The van der Waals surface area contributed by atoms with Crippen LogP contribution in [0, 0.1) is 5.82 Å². The first kappa shape index (κ1) is 15.4. The molecule has 4 rings (SSSR count). The Hall–Kier alpha value is -3.12. The average molecular weight is 348 g/mol. The monoisotopic (exact) mass is 348 g/mol. The highest BCUT2D eigenvalue weighted by Crippen LogP contribution is 2.36. The summed E-state index contributed by atoms with van der Waals surface area (Å²) in [6.07, 6.45) is 3.14. The smallest absolute Gasteiger partial charge is 0.159 e. The van der Waals surface area contributed by atoms with Crippen LogP contribution in [0.4, 0.5) is 10.2 Å². The summed E-state index contributed by atoms with van der Waals surface area (Å²) in [6.45, 7) is 0. The highest BCUT2D eigenvalue weighted by atomic mass is 32.1. The maximum atomic E-state index is 12.9. The number of hydrogen-bond donors (Lipinski definition) is 1. The average Bonchev–Trinajstić information content (AvgIpc) is 3.09. The molecule has 4 nitrogen and oxygen atoms in total. The highest BCUT2D eigenvalue weighted by molar-refractivity contribution is 7.17. The summed E-state index contributed by atoms with van der Waals surface area (Å²) in [4.78, 5) is 9.56. The Labute approximate surface area is 147 Å². The van der Waals surface area contributed by atoms with Crippen LogP contribution in [-0.4, -0.2) is 16.2 Å². The Balaban J connectivity index is 1.68. The number of aromatic nitrogens is 2. The van der Waals surface area contributed by atoms with Gasteiger partial charge in [0.05, 0.1) is 11.6 Å². The summed E-state index contributed by atoms with van der Waals surface area (Å²) in [5.74, 6) is 0.372. The Morgan fingerprint density at radius 2 is 1.80 bits per heavy atom. The van der Waals surface area contributed by atoms with E-state index >= 15 is 0 Å². The Morgan fingerprint density at radius 3 is 2.60 bits per heavy atom. The third-order valence-electron chi connectivity index (χ3n) is 3.71. The van der Waals surface area contributed by atoms with Crippen LogP contribution in [0.1, 0.15) is 5.56 Å². The van der Waals surface area contributed by atoms with Crippen LogP contribution >= 0.6 is 11.3 Å². The van der Waals surface area contributed by atoms with Crippen molar-refractivity contribution in [2.24, 2.45) is 5.10 Å². The van der Waals surface area contributed by atoms with Crippen LogP contribution in [0.5, 0.6) is 0 Å². The van der Waals surface area contributed by atoms with E-state index in [0.29, 0.717) is 5.82 Å². The summed E-state index contributed by atoms with van der Waals surface area (Å²) < 4.78 is 12.9. The molecule has 0 aliphatic heterocycles. The van der Waals surface area contributed by atoms with Crippen molar-refractivity contribution in [3.8, 4) is 11.1 Å². The zero-order valence-electron chi connectivity index (χ0n) is 13.1. The van der Waals surface area contributed by atoms with Gasteiger partial charge in [-0.05, 0) is 23.3 Å². The first-order valence-corrected chi connectivity index (χ1v) is 8.51. The van der Waals surface area contributed by atoms with Crippen LogP contribution in [0.2, 0.25) is 0 Å². The molecule has 2 heterocycles. The first-order valence-electron chi connectivity index (χ1n) is 7.63. The lowest BCUT2D eigenvalue weighted by Crippen LogP contribution is -1.95. The molecule has 0 spiro atoms. The van der Waals surface area contributed by atoms with Crippen molar-refractivity contribution in [1.82, 2.24) is 9.97 Å². The van der Waals surface area contributed by atoms with E-state index in [1.807, 2.05) is 18.2 Å². The lowest BCUT2D eigenvalue weighted by molar-refractivity contribution is 0.628. The van der Waals surface area contributed by atoms with Gasteiger partial charge in [-0.25, -0.2) is 14.4 Å². The minimum atomic E-state index is -0.270. The molecule has 1 N–H and O–H groups in total. The van der Waals surface area contributed by atoms with Gasteiger partial charge in [0, 0.05) is 10.9 Å². The fraction of sp³-hybridized carbons (Fsp3) is 0. The van der Waals surface area contributed by atoms with E-state index < -0.39 is 0 Å². The van der Waals surface area contributed by atoms with E-state index in [-0.39, 0.29) is 5.82 Å². The Morgan fingerprint density at radius 1 is 1.00 bits per heavy atom. The molecule has 122 valence electrons. The van der Waals surface area contributed by atoms with Crippen molar-refractivity contribution < 1.29 is 4.39 Å². The second kappa shape index (κ2) is 6.78. The minimum absolute atomic E-state index is 0.270. The number of hydrazone groups is 1. The topological polar surface area (TPSA) is 50.2 Å². The van der Waals surface area contributed by atoms with Gasteiger partial charge in [-0.2, -0.15) is 5.10 Å². The summed E-state index contributed by atoms with van der Waals surface area (Å²) in [7, 11) is 0. The fourth-order valence-electron chi connectivity index (χ4n) is 2.51. The van der Waals surface area contributed by atoms with Crippen molar-refractivity contribution in [3.05, 3.63) is 77.7 Å². The molecule has 0 saturated carbocycles. The van der Waals surface area contributed by atoms with Gasteiger partial charge in [-0.1, -0.05) is 42.5 Å². The van der Waals surface area contributed by atoms with Crippen LogP contribution in [0.15, 0.2) is 71.4 Å². The number of thiophene rings is 1. The Kier molecular flexibility index (Phi) is 4.18. The Bertz CT molecular complexity index is 1030. The standard InChI is InChI=1S/C19H13FN4S/c20-15-8-6-13(7-9-15)10-23-24-18-17-16(14-4-2-1-3-5-14)11-25-19(17)22-12-21-18/h1-12H,(H,21,22,24)/b23-10+. The molecule has 0 fully saturated rings. The summed E-state index contributed by atoms with van der Waals surface area (Å²) in [6, 6.07) is 16.2. The molecule has 6 heteroatoms. The third-order valence-corrected chi connectivity index (χ3v) is 4.60. The second-order valence-corrected chi connectivity index (χ2v) is 6.20. The number of rotatable bonds is 4. The molecule has 25 heavy (non-hydrogen) atoms. The molecular weight excluding hydrogens is 335 g/mol. The van der Waals surface area contributed by atoms with Gasteiger partial charge in [-0.15, -0.1) is 11.3 Å². The number of hydrogen-bond acceptors (Lipinski definition) is 5. The van der Waals surface area contributed by atoms with Gasteiger partial charge in [0.25, 0.3) is 0 Å². The molecule has 0 aliphatic rings. The lowest BCUT2D eigenvalue weighted by atomic mass is 10.1. The number of nitrogens with zero attached hydrogens (tertiary/aromatic N) is 3. The quantitative estimate of drug-likeness (QED) is 0.420. The van der Waals surface area contributed by atoms with Gasteiger partial charge in [-0.3, -0.25) is 5.43 Å². The fourth-order valence-corrected chi connectivity index (χ4v) is 3.42. The van der Waals surface area contributed by atoms with Crippen molar-refractivity contribution in [2.75, 3.05) is 5.43 Å². The van der Waals surface area contributed by atoms with Crippen molar-refractivity contribution >= 4 is 33.6 Å².